The molecule has 0 aliphatic rings. The molecule has 2 rings (SSSR count). The topological polar surface area (TPSA) is 101 Å². The Morgan fingerprint density at radius 2 is 2.50 bits per heavy atom. The number of aromatic amines is 1. The lowest BCUT2D eigenvalue weighted by molar-refractivity contribution is -0.122. The van der Waals surface area contributed by atoms with Crippen molar-refractivity contribution in [2.45, 2.75) is 19.5 Å². The summed E-state index contributed by atoms with van der Waals surface area (Å²) in [5.74, 6) is 0.460. The summed E-state index contributed by atoms with van der Waals surface area (Å²) in [6, 6.07) is -0.210. The first kappa shape index (κ1) is 10.3. The van der Waals surface area contributed by atoms with Crippen LogP contribution in [0.3, 0.4) is 0 Å². The molecule has 2 aromatic heterocycles. The fourth-order valence-corrected chi connectivity index (χ4v) is 1.24. The van der Waals surface area contributed by atoms with E-state index in [0.29, 0.717) is 5.82 Å². The van der Waals surface area contributed by atoms with E-state index in [2.05, 4.69) is 30.6 Å². The number of nitrogens with zero attached hydrogens (tertiary/aromatic N) is 5. The van der Waals surface area contributed by atoms with Gasteiger partial charge in [0.25, 0.3) is 0 Å². The number of aromatic nitrogens is 6. The van der Waals surface area contributed by atoms with Gasteiger partial charge in [-0.05, 0) is 6.92 Å². The molecule has 1 amide bonds. The highest BCUT2D eigenvalue weighted by molar-refractivity contribution is 5.75. The van der Waals surface area contributed by atoms with Crippen LogP contribution in [-0.4, -0.2) is 35.9 Å². The molecule has 2 aromatic rings. The normalized spacial score (nSPS) is 12.3. The zero-order valence-electron chi connectivity index (χ0n) is 8.66. The molecule has 1 unspecified atom stereocenters. The molecule has 16 heavy (non-hydrogen) atoms. The lowest BCUT2D eigenvalue weighted by Gasteiger charge is -2.10. The van der Waals surface area contributed by atoms with Gasteiger partial charge < -0.3 is 5.32 Å². The van der Waals surface area contributed by atoms with Gasteiger partial charge in [0.15, 0.2) is 0 Å². The summed E-state index contributed by atoms with van der Waals surface area (Å²) >= 11 is 0. The number of rotatable bonds is 4. The van der Waals surface area contributed by atoms with Crippen molar-refractivity contribution in [3.63, 3.8) is 0 Å². The average molecular weight is 221 g/mol. The molecular formula is C8H11N7O. The van der Waals surface area contributed by atoms with E-state index in [-0.39, 0.29) is 18.5 Å². The van der Waals surface area contributed by atoms with Crippen LogP contribution in [0.4, 0.5) is 0 Å². The van der Waals surface area contributed by atoms with Gasteiger partial charge in [0.05, 0.1) is 6.04 Å². The van der Waals surface area contributed by atoms with Crippen molar-refractivity contribution in [1.82, 2.24) is 35.3 Å². The first-order valence-corrected chi connectivity index (χ1v) is 4.73. The Morgan fingerprint density at radius 1 is 1.62 bits per heavy atom. The molecule has 0 bridgehead atoms. The zero-order valence-corrected chi connectivity index (χ0v) is 8.66. The smallest absolute Gasteiger partial charge is 0.242 e. The highest BCUT2D eigenvalue weighted by Gasteiger charge is 2.12. The molecule has 84 valence electrons. The highest BCUT2D eigenvalue weighted by atomic mass is 16.2. The predicted octanol–water partition coefficient (Wildman–Crippen LogP) is -0.726. The van der Waals surface area contributed by atoms with Crippen LogP contribution >= 0.6 is 0 Å². The molecule has 0 aromatic carbocycles. The minimum absolute atomic E-state index is 0.137. The van der Waals surface area contributed by atoms with Crippen LogP contribution in [0.15, 0.2) is 19.0 Å². The quantitative estimate of drug-likeness (QED) is 0.709. The van der Waals surface area contributed by atoms with E-state index in [9.17, 15) is 4.79 Å². The Morgan fingerprint density at radius 3 is 3.12 bits per heavy atom. The Kier molecular flexibility index (Phi) is 2.90. The second kappa shape index (κ2) is 4.51. The molecule has 8 nitrogen and oxygen atoms in total. The van der Waals surface area contributed by atoms with Gasteiger partial charge in [-0.1, -0.05) is 0 Å². The lowest BCUT2D eigenvalue weighted by atomic mass is 10.3. The van der Waals surface area contributed by atoms with E-state index in [1.54, 1.807) is 0 Å². The fourth-order valence-electron chi connectivity index (χ4n) is 1.24. The van der Waals surface area contributed by atoms with Crippen molar-refractivity contribution in [3.05, 3.63) is 24.8 Å². The number of carbonyl (C=O) groups excluding carboxylic acids is 1. The van der Waals surface area contributed by atoms with Crippen molar-refractivity contribution >= 4 is 5.91 Å². The first-order chi connectivity index (χ1) is 7.75. The summed E-state index contributed by atoms with van der Waals surface area (Å²) in [7, 11) is 0. The fraction of sp³-hybridized carbons (Fsp3) is 0.375. The molecule has 2 heterocycles. The summed E-state index contributed by atoms with van der Waals surface area (Å²) in [4.78, 5) is 19.3. The maximum atomic E-state index is 11.6. The summed E-state index contributed by atoms with van der Waals surface area (Å²) in [6.07, 6.45) is 4.27. The third-order valence-electron chi connectivity index (χ3n) is 1.99. The molecule has 0 spiro atoms. The van der Waals surface area contributed by atoms with Crippen molar-refractivity contribution in [2.75, 3.05) is 0 Å². The molecule has 0 saturated carbocycles. The Bertz CT molecular complexity index is 435. The van der Waals surface area contributed by atoms with Gasteiger partial charge in [-0.2, -0.15) is 10.2 Å². The first-order valence-electron chi connectivity index (χ1n) is 4.73. The van der Waals surface area contributed by atoms with Gasteiger partial charge in [0.1, 0.15) is 31.4 Å². The van der Waals surface area contributed by atoms with Gasteiger partial charge in [-0.15, -0.1) is 0 Å². The van der Waals surface area contributed by atoms with Crippen LogP contribution in [0, 0.1) is 0 Å². The molecule has 8 heteroatoms. The Balaban J connectivity index is 1.88. The third kappa shape index (κ3) is 2.41. The van der Waals surface area contributed by atoms with Gasteiger partial charge in [-0.25, -0.2) is 14.6 Å². The van der Waals surface area contributed by atoms with Crippen LogP contribution < -0.4 is 5.32 Å². The minimum Gasteiger partial charge on any atom is -0.345 e. The second-order valence-corrected chi connectivity index (χ2v) is 3.25. The monoisotopic (exact) mass is 221 g/mol. The number of hydrogen-bond donors (Lipinski definition) is 2. The van der Waals surface area contributed by atoms with Gasteiger partial charge >= 0.3 is 0 Å². The summed E-state index contributed by atoms with van der Waals surface area (Å²) < 4.78 is 1.45. The number of amides is 1. The van der Waals surface area contributed by atoms with Gasteiger partial charge in [-0.3, -0.25) is 9.89 Å². The zero-order chi connectivity index (χ0) is 11.4. The van der Waals surface area contributed by atoms with Crippen molar-refractivity contribution in [1.29, 1.82) is 0 Å². The van der Waals surface area contributed by atoms with Gasteiger partial charge in [0.2, 0.25) is 5.91 Å². The predicted molar refractivity (Wildman–Crippen MR) is 53.0 cm³/mol. The van der Waals surface area contributed by atoms with Gasteiger partial charge in [0, 0.05) is 0 Å². The number of carbonyl (C=O) groups is 1. The Labute approximate surface area is 91.1 Å². The molecule has 0 saturated heterocycles. The van der Waals surface area contributed by atoms with Crippen LogP contribution in [0.5, 0.6) is 0 Å². The number of H-pyrrole nitrogens is 1. The second-order valence-electron chi connectivity index (χ2n) is 3.25. The van der Waals surface area contributed by atoms with E-state index in [1.165, 1.54) is 23.7 Å². The molecule has 1 atom stereocenters. The Hall–Kier alpha value is -2.25. The molecule has 2 N–H and O–H groups in total. The highest BCUT2D eigenvalue weighted by Crippen LogP contribution is 2.03. The third-order valence-corrected chi connectivity index (χ3v) is 1.99. The summed E-state index contributed by atoms with van der Waals surface area (Å²) in [6.45, 7) is 1.96. The van der Waals surface area contributed by atoms with Crippen LogP contribution in [-0.2, 0) is 11.3 Å². The van der Waals surface area contributed by atoms with E-state index >= 15 is 0 Å². The standard InChI is InChI=1S/C8H11N7O/c1-6(8-10-4-11-14-8)13-7(16)2-15-5-9-3-12-15/h3-6H,2H2,1H3,(H,13,16)(H,10,11,14). The average Bonchev–Trinajstić information content (AvgIpc) is 2.88. The molecule has 0 radical (unpaired) electrons. The van der Waals surface area contributed by atoms with E-state index in [0.717, 1.165) is 0 Å². The molecule has 0 fully saturated rings. The minimum atomic E-state index is -0.210. The summed E-state index contributed by atoms with van der Waals surface area (Å²) in [5, 5.41) is 13.0. The van der Waals surface area contributed by atoms with E-state index in [1.807, 2.05) is 6.92 Å². The maximum absolute atomic E-state index is 11.6. The van der Waals surface area contributed by atoms with Crippen LogP contribution in [0.2, 0.25) is 0 Å². The lowest BCUT2D eigenvalue weighted by Crippen LogP contribution is -2.30. The van der Waals surface area contributed by atoms with Crippen molar-refractivity contribution in [2.24, 2.45) is 0 Å². The number of nitrogens with one attached hydrogen (secondary N) is 2. The van der Waals surface area contributed by atoms with Crippen molar-refractivity contribution in [3.8, 4) is 0 Å². The molecular weight excluding hydrogens is 210 g/mol. The van der Waals surface area contributed by atoms with Crippen LogP contribution in [0.1, 0.15) is 18.8 Å². The molecule has 0 aliphatic carbocycles. The molecule has 0 aliphatic heterocycles. The largest absolute Gasteiger partial charge is 0.345 e. The van der Waals surface area contributed by atoms with Crippen LogP contribution in [0.25, 0.3) is 0 Å². The van der Waals surface area contributed by atoms with Crippen molar-refractivity contribution < 1.29 is 4.79 Å². The number of hydrogen-bond acceptors (Lipinski definition) is 5. The summed E-state index contributed by atoms with van der Waals surface area (Å²) in [5.41, 5.74) is 0. The SMILES string of the molecule is CC(NC(=O)Cn1cncn1)c1ncn[nH]1. The van der Waals surface area contributed by atoms with E-state index in [4.69, 9.17) is 0 Å². The van der Waals surface area contributed by atoms with E-state index < -0.39 is 0 Å². The maximum Gasteiger partial charge on any atom is 0.242 e.